The average Bonchev–Trinajstić information content (AvgIpc) is 1.71. The number of pyridine rings is 3. The molecule has 15 aromatic rings. The van der Waals surface area contributed by atoms with Gasteiger partial charge in [-0.05, 0) is 174 Å². The maximum atomic E-state index is 11.2. The van der Waals surface area contributed by atoms with E-state index in [0.717, 1.165) is 148 Å². The molecular weight excluding hydrogens is 2110 g/mol. The van der Waals surface area contributed by atoms with Crippen molar-refractivity contribution in [3.05, 3.63) is 343 Å². The molecule has 3 aliphatic rings. The molecular formula is C112H104Ir3N3O9-3. The summed E-state index contributed by atoms with van der Waals surface area (Å²) < 4.78 is 19.4. The first kappa shape index (κ1) is 97.1. The first-order valence-corrected chi connectivity index (χ1v) is 42.2. The topological polar surface area (TPSA) is 178 Å². The molecule has 0 saturated heterocycles. The molecule has 0 bridgehead atoms. The number of aliphatic hydroxyl groups excluding tert-OH is 3. The Kier molecular flexibility index (Phi) is 33.9. The SMILES string of the molecule is CC(=O)C=C(C)O.CC(=O)C=C(C)O.CC(C)(C)Cc1cc(-c2[c-]cc3c(c2)Oc2ccccc2-c2ccccc2-3)nc2ccccc12.CC(C)CC(=O)C=C(O)CC(C)C.CC(C)Cc1cc(-c2[c-]cc3c(c2)Oc2ccccc2-c2ccccc2-3)nc2ccccc12.Cc1cc(-c2[c-]cc3c(c2)Oc2ccccc2-c2ccccc2-3)nc2ccccc12.[Ir].[Ir].[Ir]. The summed E-state index contributed by atoms with van der Waals surface area (Å²) in [5.41, 5.74) is 26.1. The molecule has 0 spiro atoms. The van der Waals surface area contributed by atoms with Gasteiger partial charge in [-0.25, -0.2) is 0 Å². The molecule has 3 aromatic heterocycles. The van der Waals surface area contributed by atoms with Crippen LogP contribution >= 0.6 is 0 Å². The Balaban J connectivity index is 0.000000172. The van der Waals surface area contributed by atoms with E-state index >= 15 is 0 Å². The van der Waals surface area contributed by atoms with E-state index in [2.05, 4.69) is 266 Å². The number of allylic oxidation sites excluding steroid dienone is 6. The Labute approximate surface area is 787 Å². The number of para-hydroxylation sites is 6. The zero-order valence-corrected chi connectivity index (χ0v) is 81.1. The molecule has 3 aliphatic heterocycles. The molecule has 12 aromatic carbocycles. The smallest absolute Gasteiger partial charge is 0.159 e. The van der Waals surface area contributed by atoms with Crippen molar-refractivity contribution in [1.29, 1.82) is 0 Å². The normalized spacial score (nSPS) is 11.7. The van der Waals surface area contributed by atoms with Crippen molar-refractivity contribution in [3.8, 4) is 135 Å². The molecule has 18 rings (SSSR count). The number of rotatable bonds is 13. The van der Waals surface area contributed by atoms with Gasteiger partial charge in [0.25, 0.3) is 0 Å². The third kappa shape index (κ3) is 25.0. The average molecular weight is 2210 g/mol. The van der Waals surface area contributed by atoms with Crippen LogP contribution in [0.2, 0.25) is 0 Å². The number of aryl methyl sites for hydroxylation is 1. The summed E-state index contributed by atoms with van der Waals surface area (Å²) in [6.45, 7) is 27.2. The Morgan fingerprint density at radius 2 is 0.654 bits per heavy atom. The molecule has 0 unspecified atom stereocenters. The van der Waals surface area contributed by atoms with Crippen molar-refractivity contribution >= 4 is 50.1 Å². The van der Waals surface area contributed by atoms with E-state index in [0.29, 0.717) is 30.6 Å². The van der Waals surface area contributed by atoms with Gasteiger partial charge in [0.2, 0.25) is 0 Å². The van der Waals surface area contributed by atoms with Crippen molar-refractivity contribution in [2.24, 2.45) is 23.2 Å². The van der Waals surface area contributed by atoms with Crippen molar-refractivity contribution < 1.29 is 104 Å². The number of benzene rings is 12. The summed E-state index contributed by atoms with van der Waals surface area (Å²) in [5.74, 6) is 6.51. The van der Waals surface area contributed by atoms with Crippen LogP contribution in [0.3, 0.4) is 0 Å². The van der Waals surface area contributed by atoms with E-state index in [1.807, 2.05) is 94.4 Å². The number of carbonyl (C=O) groups is 3. The van der Waals surface area contributed by atoms with E-state index in [1.165, 1.54) is 95.5 Å². The van der Waals surface area contributed by atoms with Crippen molar-refractivity contribution in [3.63, 3.8) is 0 Å². The van der Waals surface area contributed by atoms with E-state index < -0.39 is 0 Å². The second kappa shape index (κ2) is 44.3. The third-order valence-electron chi connectivity index (χ3n) is 20.7. The molecule has 0 amide bonds. The van der Waals surface area contributed by atoms with Gasteiger partial charge in [-0.1, -0.05) is 297 Å². The summed E-state index contributed by atoms with van der Waals surface area (Å²) in [6.07, 6.45) is 6.79. The number of fused-ring (bicyclic) bond motifs is 18. The van der Waals surface area contributed by atoms with Crippen LogP contribution in [-0.4, -0.2) is 47.6 Å². The fourth-order valence-electron chi connectivity index (χ4n) is 15.6. The van der Waals surface area contributed by atoms with Crippen LogP contribution in [0.5, 0.6) is 34.5 Å². The monoisotopic (exact) mass is 2210 g/mol. The number of nitrogens with zero attached hydrogens (tertiary/aromatic N) is 3. The fraction of sp³-hybridized carbons (Fsp3) is 0.196. The van der Waals surface area contributed by atoms with Crippen molar-refractivity contribution in [2.75, 3.05) is 0 Å². The van der Waals surface area contributed by atoms with Crippen LogP contribution in [-0.2, 0) is 87.5 Å². The van der Waals surface area contributed by atoms with E-state index in [-0.39, 0.29) is 100 Å². The Bertz CT molecular complexity index is 6540. The Morgan fingerprint density at radius 3 is 0.984 bits per heavy atom. The van der Waals surface area contributed by atoms with Crippen LogP contribution in [0.1, 0.15) is 120 Å². The number of aliphatic hydroxyl groups is 3. The predicted molar refractivity (Wildman–Crippen MR) is 506 cm³/mol. The molecule has 0 fully saturated rings. The van der Waals surface area contributed by atoms with Crippen LogP contribution in [0.4, 0.5) is 0 Å². The number of hydrogen-bond acceptors (Lipinski definition) is 12. The molecule has 127 heavy (non-hydrogen) atoms. The van der Waals surface area contributed by atoms with Crippen LogP contribution in [0, 0.1) is 48.3 Å². The summed E-state index contributed by atoms with van der Waals surface area (Å²) in [5, 5.41) is 29.7. The van der Waals surface area contributed by atoms with Gasteiger partial charge in [0.15, 0.2) is 17.3 Å². The predicted octanol–water partition coefficient (Wildman–Crippen LogP) is 29.7. The summed E-state index contributed by atoms with van der Waals surface area (Å²) >= 11 is 0. The first-order chi connectivity index (χ1) is 59.6. The molecule has 15 heteroatoms. The molecule has 6 heterocycles. The molecule has 651 valence electrons. The minimum absolute atomic E-state index is 0. The second-order valence-electron chi connectivity index (χ2n) is 33.9. The number of aromatic nitrogens is 3. The molecule has 3 N–H and O–H groups in total. The number of ether oxygens (including phenoxy) is 3. The summed E-state index contributed by atoms with van der Waals surface area (Å²) in [7, 11) is 0. The van der Waals surface area contributed by atoms with Gasteiger partial charge < -0.3 is 29.5 Å². The number of carbonyl (C=O) groups excluding carboxylic acids is 3. The first-order valence-electron chi connectivity index (χ1n) is 42.2. The molecule has 0 aliphatic carbocycles. The third-order valence-corrected chi connectivity index (χ3v) is 20.7. The van der Waals surface area contributed by atoms with Crippen molar-refractivity contribution in [2.45, 2.75) is 123 Å². The van der Waals surface area contributed by atoms with Crippen LogP contribution in [0.25, 0.3) is 133 Å². The summed E-state index contributed by atoms with van der Waals surface area (Å²) in [6, 6.07) is 104. The van der Waals surface area contributed by atoms with Gasteiger partial charge >= 0.3 is 0 Å². The molecule has 0 saturated carbocycles. The Morgan fingerprint density at radius 1 is 0.354 bits per heavy atom. The summed E-state index contributed by atoms with van der Waals surface area (Å²) in [4.78, 5) is 46.1. The minimum Gasteiger partial charge on any atom is -0.512 e. The largest absolute Gasteiger partial charge is 0.512 e. The number of ketones is 3. The van der Waals surface area contributed by atoms with Gasteiger partial charge in [0.1, 0.15) is 17.2 Å². The molecule has 3 radical (unpaired) electrons. The quantitative estimate of drug-likeness (QED) is 0.0566. The molecule has 0 atom stereocenters. The fourth-order valence-corrected chi connectivity index (χ4v) is 15.6. The van der Waals surface area contributed by atoms with Crippen LogP contribution in [0.15, 0.2) is 308 Å². The molecule has 12 nitrogen and oxygen atoms in total. The van der Waals surface area contributed by atoms with Gasteiger partial charge in [0, 0.05) is 124 Å². The van der Waals surface area contributed by atoms with E-state index in [1.54, 1.807) is 0 Å². The van der Waals surface area contributed by atoms with Gasteiger partial charge in [0.05, 0.1) is 51.1 Å². The maximum Gasteiger partial charge on any atom is 0.159 e. The zero-order chi connectivity index (χ0) is 87.9. The van der Waals surface area contributed by atoms with Crippen molar-refractivity contribution in [1.82, 2.24) is 15.0 Å². The Hall–Kier alpha value is -12.2. The van der Waals surface area contributed by atoms with Crippen LogP contribution < -0.4 is 14.2 Å². The van der Waals surface area contributed by atoms with E-state index in [4.69, 9.17) is 39.4 Å². The zero-order valence-electron chi connectivity index (χ0n) is 73.9. The van der Waals surface area contributed by atoms with Gasteiger partial charge in [-0.2, -0.15) is 0 Å². The van der Waals surface area contributed by atoms with Gasteiger partial charge in [-0.3, -0.25) is 29.3 Å². The van der Waals surface area contributed by atoms with E-state index in [9.17, 15) is 19.5 Å². The van der Waals surface area contributed by atoms with Gasteiger partial charge in [-0.15, -0.1) is 53.1 Å². The minimum atomic E-state index is -0.125. The second-order valence-corrected chi connectivity index (χ2v) is 33.9. The number of hydrogen-bond donors (Lipinski definition) is 3. The standard InChI is InChI=1S/C32H26NO.C31H24NO.C28H18NO.C11H20O2.2C5H8O2.3Ir/c1-32(2,3)20-22-18-29(33-28-14-8-6-10-23(22)28)21-16-17-27-25-12-5-4-11-24(25)26-13-7-9-15-30(26)34-31(27)19-21;1-20(2)17-22-18-29(32-28-13-7-5-9-23(22)28)21-15-16-27-25-11-4-3-10-24(25)26-12-6-8-14-30(26)33-31(27)19-21;1-18-16-26(29-25-12-6-4-8-20(18)25)19-14-15-24-22-10-3-2-9-21(22)23-11-5-7-13-27(23)30-28(24)17-19;1-8(2)5-10(12)7-11(13)6-9(3)4;2*1-4(6)3-5(2)7;;;/h4-15,17-19H,20H2,1-3H3;3-14,16,18-20H,17H2,1-2H3;2-13,15-17H,1H3;7-9,12H,5-6H2,1-4H3;2*3,6H,1-2H3;;;/q3*-1;;;;;;. The maximum absolute atomic E-state index is 11.2.